The second kappa shape index (κ2) is 7.40. The van der Waals surface area contributed by atoms with Crippen LogP contribution in [0.25, 0.3) is 5.70 Å². The second-order valence-corrected chi connectivity index (χ2v) is 8.80. The van der Waals surface area contributed by atoms with E-state index < -0.39 is 6.10 Å². The van der Waals surface area contributed by atoms with Gasteiger partial charge >= 0.3 is 0 Å². The highest BCUT2D eigenvalue weighted by Gasteiger charge is 2.41. The number of benzene rings is 3. The molecular weight excluding hydrogens is 443 g/mol. The van der Waals surface area contributed by atoms with Gasteiger partial charge in [0.15, 0.2) is 6.10 Å². The fourth-order valence-electron chi connectivity index (χ4n) is 4.46. The molecule has 3 aromatic carbocycles. The van der Waals surface area contributed by atoms with Crippen LogP contribution in [0.1, 0.15) is 34.4 Å². The third-order valence-electron chi connectivity index (χ3n) is 5.96. The topological polar surface area (TPSA) is 52.0 Å². The first-order valence-electron chi connectivity index (χ1n) is 10.3. The zero-order valence-electron chi connectivity index (χ0n) is 17.1. The van der Waals surface area contributed by atoms with Crippen molar-refractivity contribution in [1.29, 1.82) is 0 Å². The summed E-state index contributed by atoms with van der Waals surface area (Å²) < 4.78 is 8.48. The van der Waals surface area contributed by atoms with Crippen LogP contribution in [-0.4, -0.2) is 14.8 Å². The Morgan fingerprint density at radius 1 is 1.00 bits per heavy atom. The molecule has 0 saturated heterocycles. The van der Waals surface area contributed by atoms with E-state index in [0.717, 1.165) is 33.7 Å². The maximum absolute atomic E-state index is 6.66. The predicted octanol–water partition coefficient (Wildman–Crippen LogP) is 6.45. The molecule has 158 valence electrons. The average Bonchev–Trinajstić information content (AvgIpc) is 3.27. The molecule has 3 heterocycles. The molecule has 0 amide bonds. The number of rotatable bonds is 2. The summed E-state index contributed by atoms with van der Waals surface area (Å²) in [4.78, 5) is 4.46. The Labute approximate surface area is 195 Å². The number of anilines is 1. The molecule has 0 bridgehead atoms. The fraction of sp³-hybridized carbons (Fsp3) is 0.120. The summed E-state index contributed by atoms with van der Waals surface area (Å²) in [6.07, 6.45) is 1.15. The van der Waals surface area contributed by atoms with Gasteiger partial charge < -0.3 is 10.1 Å². The Morgan fingerprint density at radius 2 is 1.81 bits per heavy atom. The summed E-state index contributed by atoms with van der Waals surface area (Å²) in [5, 5.41) is 9.31. The molecule has 0 aliphatic carbocycles. The van der Waals surface area contributed by atoms with E-state index in [4.69, 9.17) is 27.9 Å². The van der Waals surface area contributed by atoms with Crippen molar-refractivity contribution in [3.8, 4) is 5.75 Å². The number of ether oxygens (including phenoxy) is 1. The maximum Gasteiger partial charge on any atom is 0.226 e. The summed E-state index contributed by atoms with van der Waals surface area (Å²) in [6, 6.07) is 21.7. The van der Waals surface area contributed by atoms with Crippen LogP contribution >= 0.6 is 23.2 Å². The quantitative estimate of drug-likeness (QED) is 0.373. The van der Waals surface area contributed by atoms with Crippen LogP contribution in [0.2, 0.25) is 10.0 Å². The van der Waals surface area contributed by atoms with Crippen LogP contribution < -0.4 is 10.1 Å². The van der Waals surface area contributed by atoms with Crippen molar-refractivity contribution in [3.63, 3.8) is 0 Å². The number of nitrogens with zero attached hydrogens (tertiary/aromatic N) is 3. The van der Waals surface area contributed by atoms with E-state index in [9.17, 15) is 0 Å². The second-order valence-electron chi connectivity index (χ2n) is 7.96. The third kappa shape index (κ3) is 3.00. The molecule has 2 atom stereocenters. The molecule has 0 fully saturated rings. The summed E-state index contributed by atoms with van der Waals surface area (Å²) in [7, 11) is 0. The number of nitrogens with one attached hydrogen (secondary N) is 1. The minimum atomic E-state index is -0.413. The summed E-state index contributed by atoms with van der Waals surface area (Å²) in [5.41, 5.74) is 5.99. The predicted molar refractivity (Wildman–Crippen MR) is 126 cm³/mol. The fourth-order valence-corrected chi connectivity index (χ4v) is 4.86. The molecule has 2 unspecified atom stereocenters. The number of fused-ring (bicyclic) bond motifs is 3. The smallest absolute Gasteiger partial charge is 0.226 e. The zero-order valence-corrected chi connectivity index (χ0v) is 18.6. The van der Waals surface area contributed by atoms with E-state index in [0.29, 0.717) is 16.0 Å². The molecule has 32 heavy (non-hydrogen) atoms. The lowest BCUT2D eigenvalue weighted by atomic mass is 9.84. The van der Waals surface area contributed by atoms with Gasteiger partial charge in [0.1, 0.15) is 18.1 Å². The summed E-state index contributed by atoms with van der Waals surface area (Å²) in [6.45, 7) is 2.08. The van der Waals surface area contributed by atoms with Gasteiger partial charge in [-0.2, -0.15) is 10.1 Å². The van der Waals surface area contributed by atoms with E-state index in [1.165, 1.54) is 5.56 Å². The lowest BCUT2D eigenvalue weighted by molar-refractivity contribution is 0.223. The van der Waals surface area contributed by atoms with Gasteiger partial charge in [0, 0.05) is 26.7 Å². The van der Waals surface area contributed by atoms with Crippen LogP contribution in [0, 0.1) is 6.92 Å². The molecule has 0 saturated carbocycles. The highest BCUT2D eigenvalue weighted by atomic mass is 35.5. The molecule has 5 nitrogen and oxygen atoms in total. The van der Waals surface area contributed by atoms with Crippen molar-refractivity contribution in [2.75, 3.05) is 5.32 Å². The van der Waals surface area contributed by atoms with Gasteiger partial charge in [0.05, 0.1) is 5.70 Å². The van der Waals surface area contributed by atoms with Gasteiger partial charge in [-0.05, 0) is 36.8 Å². The highest BCUT2D eigenvalue weighted by Crippen LogP contribution is 2.51. The Balaban J connectivity index is 1.65. The first kappa shape index (κ1) is 19.4. The van der Waals surface area contributed by atoms with Gasteiger partial charge in [0.2, 0.25) is 5.95 Å². The van der Waals surface area contributed by atoms with Gasteiger partial charge in [-0.15, -0.1) is 0 Å². The summed E-state index contributed by atoms with van der Waals surface area (Å²) >= 11 is 13.0. The lowest BCUT2D eigenvalue weighted by Gasteiger charge is -2.39. The van der Waals surface area contributed by atoms with E-state index in [2.05, 4.69) is 46.6 Å². The SMILES string of the molecule is Cc1ccc(C2C3=C(Nc4ncnn42)c2cc(Cl)ccc2OC3c2ccccc2Cl)cc1. The van der Waals surface area contributed by atoms with Crippen LogP contribution in [0.4, 0.5) is 5.95 Å². The van der Waals surface area contributed by atoms with E-state index in [1.54, 1.807) is 6.33 Å². The molecule has 6 rings (SSSR count). The normalized spacial score (nSPS) is 18.8. The van der Waals surface area contributed by atoms with Crippen LogP contribution in [-0.2, 0) is 0 Å². The number of halogens is 2. The monoisotopic (exact) mass is 460 g/mol. The molecule has 1 N–H and O–H groups in total. The first-order chi connectivity index (χ1) is 15.6. The number of hydrogen-bond donors (Lipinski definition) is 1. The molecule has 0 spiro atoms. The largest absolute Gasteiger partial charge is 0.480 e. The molecule has 7 heteroatoms. The highest BCUT2D eigenvalue weighted by molar-refractivity contribution is 6.31. The van der Waals surface area contributed by atoms with Crippen molar-refractivity contribution in [2.45, 2.75) is 19.1 Å². The number of aromatic nitrogens is 3. The minimum absolute atomic E-state index is 0.224. The van der Waals surface area contributed by atoms with Gasteiger partial charge in [0.25, 0.3) is 0 Å². The van der Waals surface area contributed by atoms with Crippen LogP contribution in [0.15, 0.2) is 78.6 Å². The van der Waals surface area contributed by atoms with Crippen LogP contribution in [0.3, 0.4) is 0 Å². The first-order valence-corrected chi connectivity index (χ1v) is 11.0. The van der Waals surface area contributed by atoms with Crippen molar-refractivity contribution >= 4 is 34.8 Å². The molecule has 4 aromatic rings. The number of hydrogen-bond acceptors (Lipinski definition) is 4. The standard InChI is InChI=1S/C25H18Cl2N4O/c1-14-6-8-15(9-7-14)23-21-22(30-25-28-13-29-31(23)25)18-12-16(26)10-11-20(18)32-24(21)17-4-2-3-5-19(17)27/h2-13,23-24H,1H3,(H,28,29,30). The zero-order chi connectivity index (χ0) is 21.8. The molecule has 1 aromatic heterocycles. The Morgan fingerprint density at radius 3 is 2.62 bits per heavy atom. The minimum Gasteiger partial charge on any atom is -0.480 e. The Hall–Kier alpha value is -3.28. The lowest BCUT2D eigenvalue weighted by Crippen LogP contribution is -2.32. The Kier molecular flexibility index (Phi) is 4.49. The number of aryl methyl sites for hydroxylation is 1. The molecule has 2 aliphatic rings. The van der Waals surface area contributed by atoms with Crippen molar-refractivity contribution < 1.29 is 4.74 Å². The molecule has 0 radical (unpaired) electrons. The maximum atomic E-state index is 6.66. The van der Waals surface area contributed by atoms with Crippen molar-refractivity contribution in [1.82, 2.24) is 14.8 Å². The Bertz CT molecular complexity index is 1380. The van der Waals surface area contributed by atoms with E-state index in [1.807, 2.05) is 47.1 Å². The van der Waals surface area contributed by atoms with Gasteiger partial charge in [-0.25, -0.2) is 4.68 Å². The molecular formula is C25H18Cl2N4O. The third-order valence-corrected chi connectivity index (χ3v) is 6.54. The van der Waals surface area contributed by atoms with Crippen molar-refractivity contribution in [2.24, 2.45) is 0 Å². The average molecular weight is 461 g/mol. The van der Waals surface area contributed by atoms with Crippen molar-refractivity contribution in [3.05, 3.63) is 111 Å². The summed E-state index contributed by atoms with van der Waals surface area (Å²) in [5.74, 6) is 1.40. The van der Waals surface area contributed by atoms with Gasteiger partial charge in [-0.3, -0.25) is 0 Å². The van der Waals surface area contributed by atoms with Crippen LogP contribution in [0.5, 0.6) is 5.75 Å². The van der Waals surface area contributed by atoms with E-state index >= 15 is 0 Å². The van der Waals surface area contributed by atoms with E-state index in [-0.39, 0.29) is 6.04 Å². The molecule has 2 aliphatic heterocycles. The van der Waals surface area contributed by atoms with Gasteiger partial charge in [-0.1, -0.05) is 71.2 Å².